The first-order chi connectivity index (χ1) is 14.0. The van der Waals surface area contributed by atoms with Gasteiger partial charge in [-0.05, 0) is 50.1 Å². The molecule has 1 fully saturated rings. The smallest absolute Gasteiger partial charge is 0.224 e. The zero-order valence-electron chi connectivity index (χ0n) is 17.6. The summed E-state index contributed by atoms with van der Waals surface area (Å²) < 4.78 is 0. The van der Waals surface area contributed by atoms with Crippen LogP contribution >= 0.6 is 0 Å². The lowest BCUT2D eigenvalue weighted by Gasteiger charge is -2.44. The molecule has 1 saturated heterocycles. The van der Waals surface area contributed by atoms with Crippen LogP contribution in [0.1, 0.15) is 45.2 Å². The van der Waals surface area contributed by atoms with Crippen molar-refractivity contribution in [3.05, 3.63) is 54.1 Å². The molecule has 2 unspecified atom stereocenters. The van der Waals surface area contributed by atoms with Gasteiger partial charge in [0.15, 0.2) is 0 Å². The molecule has 0 radical (unpaired) electrons. The Labute approximate surface area is 173 Å². The zero-order valence-corrected chi connectivity index (χ0v) is 17.6. The molecule has 2 heterocycles. The van der Waals surface area contributed by atoms with E-state index in [4.69, 9.17) is 5.73 Å². The topological polar surface area (TPSA) is 61.6 Å². The van der Waals surface area contributed by atoms with E-state index in [-0.39, 0.29) is 23.9 Å². The number of anilines is 3. The Morgan fingerprint density at radius 2 is 1.76 bits per heavy atom. The van der Waals surface area contributed by atoms with E-state index in [2.05, 4.69) is 66.5 Å². The lowest BCUT2D eigenvalue weighted by Crippen LogP contribution is -2.48. The molecular formula is C24H32N4O. The maximum Gasteiger partial charge on any atom is 0.224 e. The van der Waals surface area contributed by atoms with E-state index in [1.165, 1.54) is 11.3 Å². The maximum absolute atomic E-state index is 12.5. The van der Waals surface area contributed by atoms with Crippen LogP contribution < -0.4 is 20.9 Å². The van der Waals surface area contributed by atoms with Gasteiger partial charge in [-0.1, -0.05) is 25.1 Å². The van der Waals surface area contributed by atoms with Gasteiger partial charge in [0.25, 0.3) is 0 Å². The van der Waals surface area contributed by atoms with Crippen LogP contribution in [0.4, 0.5) is 17.1 Å². The molecule has 0 aromatic heterocycles. The first-order valence-corrected chi connectivity index (χ1v) is 10.7. The lowest BCUT2D eigenvalue weighted by atomic mass is 9.82. The van der Waals surface area contributed by atoms with E-state index >= 15 is 0 Å². The van der Waals surface area contributed by atoms with Crippen LogP contribution in [0, 0.1) is 5.92 Å². The van der Waals surface area contributed by atoms with E-state index in [1.54, 1.807) is 6.92 Å². The van der Waals surface area contributed by atoms with Crippen molar-refractivity contribution in [1.29, 1.82) is 0 Å². The summed E-state index contributed by atoms with van der Waals surface area (Å²) in [5.74, 6) is 0.372. The Bertz CT molecular complexity index is 860. The molecule has 1 amide bonds. The molecule has 154 valence electrons. The Kier molecular flexibility index (Phi) is 5.50. The average Bonchev–Trinajstić information content (AvgIpc) is 2.72. The monoisotopic (exact) mass is 392 g/mol. The number of nitrogens with two attached hydrogens (primary N) is 1. The Morgan fingerprint density at radius 1 is 1.07 bits per heavy atom. The van der Waals surface area contributed by atoms with Crippen molar-refractivity contribution in [3.8, 4) is 0 Å². The highest BCUT2D eigenvalue weighted by atomic mass is 16.2. The van der Waals surface area contributed by atoms with Crippen molar-refractivity contribution in [2.75, 3.05) is 28.2 Å². The highest BCUT2D eigenvalue weighted by Gasteiger charge is 2.38. The summed E-state index contributed by atoms with van der Waals surface area (Å²) in [5.41, 5.74) is 10.6. The maximum atomic E-state index is 12.5. The minimum Gasteiger partial charge on any atom is -0.378 e. The number of carbonyl (C=O) groups is 1. The second-order valence-corrected chi connectivity index (χ2v) is 8.54. The summed E-state index contributed by atoms with van der Waals surface area (Å²) >= 11 is 0. The van der Waals surface area contributed by atoms with Crippen LogP contribution in [0.3, 0.4) is 0 Å². The third-order valence-corrected chi connectivity index (χ3v) is 6.64. The van der Waals surface area contributed by atoms with Gasteiger partial charge in [-0.15, -0.1) is 0 Å². The highest BCUT2D eigenvalue weighted by Crippen LogP contribution is 2.44. The predicted octanol–water partition coefficient (Wildman–Crippen LogP) is 4.16. The summed E-state index contributed by atoms with van der Waals surface area (Å²) in [6.07, 6.45) is 2.05. The van der Waals surface area contributed by atoms with Gasteiger partial charge < -0.3 is 20.9 Å². The summed E-state index contributed by atoms with van der Waals surface area (Å²) in [4.78, 5) is 16.9. The first-order valence-electron chi connectivity index (χ1n) is 10.7. The van der Waals surface area contributed by atoms with Gasteiger partial charge in [-0.25, -0.2) is 0 Å². The number of hydrogen-bond acceptors (Lipinski definition) is 4. The van der Waals surface area contributed by atoms with Gasteiger partial charge in [0.2, 0.25) is 5.91 Å². The lowest BCUT2D eigenvalue weighted by molar-refractivity contribution is -0.117. The fourth-order valence-corrected chi connectivity index (χ4v) is 4.76. The highest BCUT2D eigenvalue weighted by molar-refractivity contribution is 5.94. The number of hydrogen-bond donors (Lipinski definition) is 2. The number of carbonyl (C=O) groups excluding carboxylic acids is 1. The van der Waals surface area contributed by atoms with E-state index < -0.39 is 0 Å². The Balaban J connectivity index is 1.74. The standard InChI is InChI=1S/C24H32N4O/c1-16-17(2)28(18(3)29)23-10-9-21(27-13-11-19(25)12-14-27)15-22(23)24(16)26-20-7-5-4-6-8-20/h4-10,15-17,19,24,26H,11-14,25H2,1-3H3/t16?,17-,24?/m0/s1. The summed E-state index contributed by atoms with van der Waals surface area (Å²) in [5, 5.41) is 3.74. The molecule has 5 nitrogen and oxygen atoms in total. The molecule has 2 aromatic carbocycles. The Morgan fingerprint density at radius 3 is 2.41 bits per heavy atom. The van der Waals surface area contributed by atoms with E-state index in [0.29, 0.717) is 6.04 Å². The molecule has 2 aliphatic heterocycles. The normalized spacial score (nSPS) is 24.9. The third-order valence-electron chi connectivity index (χ3n) is 6.64. The van der Waals surface area contributed by atoms with Gasteiger partial charge in [0.05, 0.1) is 6.04 Å². The number of benzene rings is 2. The second kappa shape index (κ2) is 8.07. The van der Waals surface area contributed by atoms with Crippen LogP contribution in [0.2, 0.25) is 0 Å². The van der Waals surface area contributed by atoms with Crippen LogP contribution in [0.15, 0.2) is 48.5 Å². The van der Waals surface area contributed by atoms with Gasteiger partial charge in [-0.3, -0.25) is 4.79 Å². The second-order valence-electron chi connectivity index (χ2n) is 8.54. The minimum atomic E-state index is 0.0976. The van der Waals surface area contributed by atoms with E-state index in [1.807, 2.05) is 11.0 Å². The summed E-state index contributed by atoms with van der Waals surface area (Å²) in [7, 11) is 0. The molecule has 3 N–H and O–H groups in total. The van der Waals surface area contributed by atoms with Crippen LogP contribution in [0.5, 0.6) is 0 Å². The van der Waals surface area contributed by atoms with Crippen molar-refractivity contribution >= 4 is 23.0 Å². The number of rotatable bonds is 3. The van der Waals surface area contributed by atoms with Crippen molar-refractivity contribution < 1.29 is 4.79 Å². The molecule has 3 atom stereocenters. The third kappa shape index (κ3) is 3.84. The number of nitrogens with zero attached hydrogens (tertiary/aromatic N) is 2. The van der Waals surface area contributed by atoms with Crippen molar-refractivity contribution in [2.24, 2.45) is 11.7 Å². The molecule has 0 spiro atoms. The van der Waals surface area contributed by atoms with E-state index in [0.717, 1.165) is 37.3 Å². The van der Waals surface area contributed by atoms with Crippen LogP contribution in [-0.2, 0) is 4.79 Å². The van der Waals surface area contributed by atoms with Gasteiger partial charge in [0, 0.05) is 60.6 Å². The number of fused-ring (bicyclic) bond motifs is 1. The van der Waals surface area contributed by atoms with Crippen molar-refractivity contribution in [1.82, 2.24) is 0 Å². The molecule has 0 saturated carbocycles. The Hall–Kier alpha value is -2.53. The molecule has 29 heavy (non-hydrogen) atoms. The fourth-order valence-electron chi connectivity index (χ4n) is 4.76. The first kappa shape index (κ1) is 19.8. The van der Waals surface area contributed by atoms with E-state index in [9.17, 15) is 4.79 Å². The average molecular weight is 393 g/mol. The summed E-state index contributed by atoms with van der Waals surface area (Å²) in [6, 6.07) is 17.5. The SMILES string of the molecule is CC(=O)N1c2ccc(N3CCC(N)CC3)cc2C(Nc2ccccc2)C(C)[C@@H]1C. The molecular weight excluding hydrogens is 360 g/mol. The number of para-hydroxylation sites is 1. The molecule has 0 aliphatic carbocycles. The quantitative estimate of drug-likeness (QED) is 0.823. The number of nitrogens with one attached hydrogen (secondary N) is 1. The number of piperidine rings is 1. The summed E-state index contributed by atoms with van der Waals surface area (Å²) in [6.45, 7) is 8.02. The van der Waals surface area contributed by atoms with Crippen LogP contribution in [-0.4, -0.2) is 31.1 Å². The predicted molar refractivity (Wildman–Crippen MR) is 120 cm³/mol. The largest absolute Gasteiger partial charge is 0.378 e. The minimum absolute atomic E-state index is 0.0976. The van der Waals surface area contributed by atoms with Crippen molar-refractivity contribution in [2.45, 2.75) is 51.7 Å². The van der Waals surface area contributed by atoms with Crippen molar-refractivity contribution in [3.63, 3.8) is 0 Å². The fraction of sp³-hybridized carbons (Fsp3) is 0.458. The zero-order chi connectivity index (χ0) is 20.5. The van der Waals surface area contributed by atoms with Gasteiger partial charge >= 0.3 is 0 Å². The molecule has 4 rings (SSSR count). The molecule has 2 aliphatic rings. The van der Waals surface area contributed by atoms with Crippen LogP contribution in [0.25, 0.3) is 0 Å². The molecule has 2 aromatic rings. The van der Waals surface area contributed by atoms with Gasteiger partial charge in [-0.2, -0.15) is 0 Å². The number of amides is 1. The molecule has 5 heteroatoms. The van der Waals surface area contributed by atoms with Gasteiger partial charge in [0.1, 0.15) is 0 Å². The molecule has 0 bridgehead atoms.